The second-order valence-corrected chi connectivity index (χ2v) is 8.31. The van der Waals surface area contributed by atoms with Crippen molar-refractivity contribution < 1.29 is 13.5 Å². The molecule has 0 bridgehead atoms. The van der Waals surface area contributed by atoms with E-state index in [1.54, 1.807) is 18.2 Å². The van der Waals surface area contributed by atoms with Crippen molar-refractivity contribution in [2.24, 2.45) is 10.6 Å². The molecule has 4 N–H and O–H groups in total. The largest absolute Gasteiger partial charge is 0.388 e. The fourth-order valence-electron chi connectivity index (χ4n) is 2.69. The van der Waals surface area contributed by atoms with Crippen LogP contribution in [-0.2, 0) is 10.0 Å². The summed E-state index contributed by atoms with van der Waals surface area (Å²) in [5.74, 6) is 0. The molecule has 0 heterocycles. The molecule has 1 aliphatic rings. The molecule has 0 atom stereocenters. The molecule has 2 rings (SSSR count). The van der Waals surface area contributed by atoms with Gasteiger partial charge in [-0.05, 0) is 43.2 Å². The minimum absolute atomic E-state index is 0.0599. The minimum Gasteiger partial charge on any atom is -0.388 e. The van der Waals surface area contributed by atoms with Crippen LogP contribution in [0.15, 0.2) is 29.2 Å². The van der Waals surface area contributed by atoms with E-state index in [4.69, 9.17) is 5.14 Å². The molecule has 5 nitrogen and oxygen atoms in total. The number of hydrogen-bond donors (Lipinski definition) is 3. The molecule has 0 saturated heterocycles. The van der Waals surface area contributed by atoms with Gasteiger partial charge in [-0.2, -0.15) is 0 Å². The van der Waals surface area contributed by atoms with Crippen LogP contribution in [0.4, 0.5) is 5.69 Å². The Morgan fingerprint density at radius 3 is 2.33 bits per heavy atom. The first-order chi connectivity index (χ1) is 9.61. The van der Waals surface area contributed by atoms with Crippen molar-refractivity contribution in [3.05, 3.63) is 24.3 Å². The predicted molar refractivity (Wildman–Crippen MR) is 83.5 cm³/mol. The fraction of sp³-hybridized carbons (Fsp3) is 0.600. The molecule has 1 saturated carbocycles. The molecule has 118 valence electrons. The summed E-state index contributed by atoms with van der Waals surface area (Å²) >= 11 is 0. The van der Waals surface area contributed by atoms with Crippen LogP contribution in [0.25, 0.3) is 0 Å². The first-order valence-electron chi connectivity index (χ1n) is 7.20. The van der Waals surface area contributed by atoms with Crippen molar-refractivity contribution >= 4 is 15.7 Å². The number of primary sulfonamides is 1. The summed E-state index contributed by atoms with van der Waals surface area (Å²) in [6, 6.07) is 6.50. The summed E-state index contributed by atoms with van der Waals surface area (Å²) < 4.78 is 23.1. The maximum atomic E-state index is 11.5. The molecule has 0 radical (unpaired) electrons. The summed E-state index contributed by atoms with van der Waals surface area (Å²) in [7, 11) is -3.77. The lowest BCUT2D eigenvalue weighted by Gasteiger charge is -2.40. The van der Waals surface area contributed by atoms with Gasteiger partial charge in [0.15, 0.2) is 0 Å². The van der Waals surface area contributed by atoms with E-state index in [9.17, 15) is 13.5 Å². The van der Waals surface area contributed by atoms with Crippen LogP contribution < -0.4 is 10.5 Å². The van der Waals surface area contributed by atoms with Crippen molar-refractivity contribution in [1.82, 2.24) is 0 Å². The highest BCUT2D eigenvalue weighted by Crippen LogP contribution is 2.40. The Bertz CT molecular complexity index is 601. The topological polar surface area (TPSA) is 92.4 Å². The number of para-hydroxylation sites is 1. The second-order valence-electron chi connectivity index (χ2n) is 6.78. The molecule has 0 amide bonds. The van der Waals surface area contributed by atoms with Crippen LogP contribution >= 0.6 is 0 Å². The summed E-state index contributed by atoms with van der Waals surface area (Å²) in [5.41, 5.74) is -0.0793. The van der Waals surface area contributed by atoms with Crippen molar-refractivity contribution in [2.75, 3.05) is 11.9 Å². The first kappa shape index (κ1) is 16.3. The molecule has 1 aromatic carbocycles. The van der Waals surface area contributed by atoms with E-state index < -0.39 is 15.6 Å². The number of anilines is 1. The van der Waals surface area contributed by atoms with Gasteiger partial charge in [0.1, 0.15) is 4.90 Å². The number of nitrogens with two attached hydrogens (primary N) is 1. The normalized spacial score (nSPS) is 21.0. The molecule has 0 aliphatic heterocycles. The summed E-state index contributed by atoms with van der Waals surface area (Å²) in [6.45, 7) is 4.74. The third-order valence-electron chi connectivity index (χ3n) is 4.34. The molecule has 1 fully saturated rings. The Labute approximate surface area is 126 Å². The number of rotatable bonds is 4. The monoisotopic (exact) mass is 312 g/mol. The zero-order valence-electron chi connectivity index (χ0n) is 12.6. The van der Waals surface area contributed by atoms with Crippen molar-refractivity contribution in [3.63, 3.8) is 0 Å². The van der Waals surface area contributed by atoms with E-state index in [-0.39, 0.29) is 10.3 Å². The van der Waals surface area contributed by atoms with Crippen LogP contribution in [0.3, 0.4) is 0 Å². The lowest BCUT2D eigenvalue weighted by atomic mass is 9.71. The van der Waals surface area contributed by atoms with E-state index in [2.05, 4.69) is 19.2 Å². The highest BCUT2D eigenvalue weighted by molar-refractivity contribution is 7.89. The fourth-order valence-corrected chi connectivity index (χ4v) is 3.40. The first-order valence-corrected chi connectivity index (χ1v) is 8.74. The molecule has 21 heavy (non-hydrogen) atoms. The maximum absolute atomic E-state index is 11.5. The second kappa shape index (κ2) is 5.59. The number of aliphatic hydroxyl groups is 1. The minimum atomic E-state index is -3.77. The predicted octanol–water partition coefficient (Wildman–Crippen LogP) is 2.08. The Morgan fingerprint density at radius 2 is 1.76 bits per heavy atom. The Kier molecular flexibility index (Phi) is 4.33. The number of benzene rings is 1. The molecule has 1 aromatic rings. The van der Waals surface area contributed by atoms with E-state index in [1.165, 1.54) is 6.07 Å². The number of nitrogens with one attached hydrogen (secondary N) is 1. The van der Waals surface area contributed by atoms with Crippen molar-refractivity contribution in [1.29, 1.82) is 0 Å². The summed E-state index contributed by atoms with van der Waals surface area (Å²) in [4.78, 5) is 0.0599. The van der Waals surface area contributed by atoms with Crippen LogP contribution in [0.2, 0.25) is 0 Å². The number of hydrogen-bond acceptors (Lipinski definition) is 4. The standard InChI is InChI=1S/C15H24N2O3S/c1-14(2)7-9-15(18,10-8-14)11-17-12-5-3-4-6-13(12)21(16,19)20/h3-6,17-18H,7-11H2,1-2H3,(H2,16,19,20). The average Bonchev–Trinajstić information content (AvgIpc) is 2.40. The Hall–Kier alpha value is -1.11. The van der Waals surface area contributed by atoms with E-state index >= 15 is 0 Å². The van der Waals surface area contributed by atoms with Crippen molar-refractivity contribution in [2.45, 2.75) is 50.0 Å². The van der Waals surface area contributed by atoms with E-state index in [0.29, 0.717) is 25.1 Å². The van der Waals surface area contributed by atoms with Gasteiger partial charge < -0.3 is 10.4 Å². The SMILES string of the molecule is CC1(C)CCC(O)(CNc2ccccc2S(N)(=O)=O)CC1. The van der Waals surface area contributed by atoms with Gasteiger partial charge in [-0.1, -0.05) is 26.0 Å². The van der Waals surface area contributed by atoms with Gasteiger partial charge in [0.2, 0.25) is 10.0 Å². The van der Waals surface area contributed by atoms with Crippen molar-refractivity contribution in [3.8, 4) is 0 Å². The van der Waals surface area contributed by atoms with Gasteiger partial charge in [0.25, 0.3) is 0 Å². The number of sulfonamides is 1. The van der Waals surface area contributed by atoms with E-state index in [1.807, 2.05) is 0 Å². The zero-order chi connectivity index (χ0) is 15.7. The molecule has 6 heteroatoms. The molecular formula is C15H24N2O3S. The summed E-state index contributed by atoms with van der Waals surface area (Å²) in [6.07, 6.45) is 3.35. The molecular weight excluding hydrogens is 288 g/mol. The average molecular weight is 312 g/mol. The van der Waals surface area contributed by atoms with Gasteiger partial charge in [0, 0.05) is 6.54 Å². The Balaban J connectivity index is 2.08. The highest BCUT2D eigenvalue weighted by Gasteiger charge is 2.36. The lowest BCUT2D eigenvalue weighted by Crippen LogP contribution is -2.42. The zero-order valence-corrected chi connectivity index (χ0v) is 13.4. The molecule has 0 aromatic heterocycles. The highest BCUT2D eigenvalue weighted by atomic mass is 32.2. The van der Waals surface area contributed by atoms with Crippen LogP contribution in [0, 0.1) is 5.41 Å². The maximum Gasteiger partial charge on any atom is 0.240 e. The smallest absolute Gasteiger partial charge is 0.240 e. The van der Waals surface area contributed by atoms with Crippen LogP contribution in [-0.4, -0.2) is 25.7 Å². The molecule has 0 spiro atoms. The van der Waals surface area contributed by atoms with Gasteiger partial charge in [-0.3, -0.25) is 0 Å². The third-order valence-corrected chi connectivity index (χ3v) is 5.30. The Morgan fingerprint density at radius 1 is 1.19 bits per heavy atom. The lowest BCUT2D eigenvalue weighted by molar-refractivity contribution is -0.0145. The quantitative estimate of drug-likeness (QED) is 0.793. The van der Waals surface area contributed by atoms with Gasteiger partial charge in [-0.25, -0.2) is 13.6 Å². The van der Waals surface area contributed by atoms with Gasteiger partial charge in [-0.15, -0.1) is 0 Å². The molecule has 0 unspecified atom stereocenters. The third kappa shape index (κ3) is 4.18. The molecule has 1 aliphatic carbocycles. The van der Waals surface area contributed by atoms with Crippen LogP contribution in [0.5, 0.6) is 0 Å². The summed E-state index contributed by atoms with van der Waals surface area (Å²) in [5, 5.41) is 18.9. The van der Waals surface area contributed by atoms with Gasteiger partial charge >= 0.3 is 0 Å². The van der Waals surface area contributed by atoms with Crippen LogP contribution in [0.1, 0.15) is 39.5 Å². The van der Waals surface area contributed by atoms with E-state index in [0.717, 1.165) is 12.8 Å². The van der Waals surface area contributed by atoms with Gasteiger partial charge in [0.05, 0.1) is 11.3 Å².